The number of carbonyl (C=O) groups is 2. The standard InChI is InChI=1S/2C15H20N2O7/c2*1-9(2)24-15-7-12(17(20)21)11(6-14(15)22-4)5-13(23-8-18)10(3)16-19/h2*6-9,13,19H,5H2,1-4H3/b2*16-10+/t2*13-/m10/s1. The van der Waals surface area contributed by atoms with Crippen molar-refractivity contribution >= 4 is 35.7 Å². The Morgan fingerprint density at radius 3 is 1.27 bits per heavy atom. The SMILES string of the molecule is COc1cc(C[C@@H](OC=O)/C(C)=N/O)c([N+](=O)[O-])cc1OC(C)C.COc1cc(C[C@H](OC=O)/C(C)=N/O)c([N+](=O)[O-])cc1OC(C)C. The van der Waals surface area contributed by atoms with E-state index in [0.717, 1.165) is 0 Å². The Morgan fingerprint density at radius 2 is 1.04 bits per heavy atom. The lowest BCUT2D eigenvalue weighted by Gasteiger charge is -2.17. The minimum absolute atomic E-state index is 0.0523. The molecule has 0 aromatic heterocycles. The van der Waals surface area contributed by atoms with Gasteiger partial charge < -0.3 is 38.8 Å². The van der Waals surface area contributed by atoms with Crippen molar-refractivity contribution in [3.8, 4) is 23.0 Å². The summed E-state index contributed by atoms with van der Waals surface area (Å²) in [4.78, 5) is 42.8. The van der Waals surface area contributed by atoms with Crippen molar-refractivity contribution in [3.63, 3.8) is 0 Å². The molecule has 18 nitrogen and oxygen atoms in total. The molecule has 0 bridgehead atoms. The molecule has 0 saturated heterocycles. The maximum absolute atomic E-state index is 11.4. The number of oxime groups is 2. The van der Waals surface area contributed by atoms with Crippen LogP contribution in [0.25, 0.3) is 0 Å². The van der Waals surface area contributed by atoms with Gasteiger partial charge in [-0.1, -0.05) is 10.3 Å². The van der Waals surface area contributed by atoms with Crippen LogP contribution in [0, 0.1) is 20.2 Å². The number of ether oxygens (including phenoxy) is 6. The molecule has 0 fully saturated rings. The first-order chi connectivity index (χ1) is 22.7. The maximum atomic E-state index is 11.4. The van der Waals surface area contributed by atoms with Crippen LogP contribution >= 0.6 is 0 Å². The molecule has 2 aromatic carbocycles. The predicted molar refractivity (Wildman–Crippen MR) is 170 cm³/mol. The summed E-state index contributed by atoms with van der Waals surface area (Å²) in [6.45, 7) is 10.4. The number of nitro benzene ring substituents is 2. The van der Waals surface area contributed by atoms with Gasteiger partial charge in [-0.15, -0.1) is 0 Å². The average molecular weight is 681 g/mol. The maximum Gasteiger partial charge on any atom is 0.293 e. The normalized spacial score (nSPS) is 12.6. The number of methoxy groups -OCH3 is 2. The van der Waals surface area contributed by atoms with Gasteiger partial charge in [0.2, 0.25) is 0 Å². The van der Waals surface area contributed by atoms with E-state index in [2.05, 4.69) is 10.3 Å². The minimum atomic E-state index is -0.937. The third-order valence-corrected chi connectivity index (χ3v) is 6.35. The number of carbonyl (C=O) groups excluding carboxylic acids is 2. The highest BCUT2D eigenvalue weighted by Gasteiger charge is 2.26. The van der Waals surface area contributed by atoms with Crippen molar-refractivity contribution in [2.24, 2.45) is 10.3 Å². The third-order valence-electron chi connectivity index (χ3n) is 6.35. The van der Waals surface area contributed by atoms with Crippen LogP contribution in [0.5, 0.6) is 23.0 Å². The first-order valence-electron chi connectivity index (χ1n) is 14.3. The van der Waals surface area contributed by atoms with Gasteiger partial charge in [-0.05, 0) is 53.7 Å². The molecular formula is C30H40N4O14. The average Bonchev–Trinajstić information content (AvgIpc) is 3.03. The van der Waals surface area contributed by atoms with Gasteiger partial charge in [-0.25, -0.2) is 0 Å². The van der Waals surface area contributed by atoms with Gasteiger partial charge in [0.1, 0.15) is 12.2 Å². The monoisotopic (exact) mass is 680 g/mol. The molecule has 0 aliphatic carbocycles. The molecule has 2 rings (SSSR count). The van der Waals surface area contributed by atoms with Crippen molar-refractivity contribution < 1.29 is 58.3 Å². The van der Waals surface area contributed by atoms with Crippen LogP contribution in [-0.2, 0) is 31.9 Å². The van der Waals surface area contributed by atoms with Gasteiger partial charge in [0.05, 0.1) is 59.8 Å². The Kier molecular flexibility index (Phi) is 16.6. The van der Waals surface area contributed by atoms with Crippen molar-refractivity contribution in [1.29, 1.82) is 0 Å². The van der Waals surface area contributed by atoms with Crippen molar-refractivity contribution in [1.82, 2.24) is 0 Å². The smallest absolute Gasteiger partial charge is 0.293 e. The fourth-order valence-corrected chi connectivity index (χ4v) is 4.11. The second kappa shape index (κ2) is 19.7. The molecule has 0 spiro atoms. The van der Waals surface area contributed by atoms with E-state index in [1.165, 1.54) is 52.3 Å². The Balaban J connectivity index is 0.000000480. The molecule has 18 heteroatoms. The topological polar surface area (TPSA) is 241 Å². The van der Waals surface area contributed by atoms with E-state index in [9.17, 15) is 29.8 Å². The molecule has 0 radical (unpaired) electrons. The quantitative estimate of drug-likeness (QED) is 0.0716. The van der Waals surface area contributed by atoms with Gasteiger partial charge in [0, 0.05) is 24.0 Å². The van der Waals surface area contributed by atoms with Crippen LogP contribution in [0.2, 0.25) is 0 Å². The number of rotatable bonds is 18. The minimum Gasteiger partial charge on any atom is -0.493 e. The molecule has 0 unspecified atom stereocenters. The van der Waals surface area contributed by atoms with Crippen molar-refractivity contribution in [2.75, 3.05) is 14.2 Å². The molecule has 48 heavy (non-hydrogen) atoms. The van der Waals surface area contributed by atoms with Crippen molar-refractivity contribution in [2.45, 2.75) is 78.8 Å². The zero-order valence-electron chi connectivity index (χ0n) is 27.8. The fourth-order valence-electron chi connectivity index (χ4n) is 4.11. The zero-order chi connectivity index (χ0) is 36.6. The molecular weight excluding hydrogens is 640 g/mol. The van der Waals surface area contributed by atoms with Crippen LogP contribution in [0.1, 0.15) is 52.7 Å². The molecule has 2 aromatic rings. The lowest BCUT2D eigenvalue weighted by Crippen LogP contribution is -2.24. The Labute approximate surface area is 276 Å². The van der Waals surface area contributed by atoms with E-state index in [4.69, 9.17) is 38.8 Å². The molecule has 0 saturated carbocycles. The van der Waals surface area contributed by atoms with Crippen molar-refractivity contribution in [3.05, 3.63) is 55.6 Å². The van der Waals surface area contributed by atoms with Gasteiger partial charge in [-0.3, -0.25) is 29.8 Å². The number of hydrogen-bond acceptors (Lipinski definition) is 16. The van der Waals surface area contributed by atoms with Crippen LogP contribution in [0.4, 0.5) is 11.4 Å². The van der Waals surface area contributed by atoms with E-state index in [0.29, 0.717) is 11.5 Å². The lowest BCUT2D eigenvalue weighted by molar-refractivity contribution is -0.385. The largest absolute Gasteiger partial charge is 0.493 e. The third kappa shape index (κ3) is 11.9. The Morgan fingerprint density at radius 1 is 0.708 bits per heavy atom. The number of nitrogens with zero attached hydrogens (tertiary/aromatic N) is 4. The van der Waals surface area contributed by atoms with Gasteiger partial charge in [0.15, 0.2) is 23.0 Å². The Bertz CT molecular complexity index is 1370. The highest BCUT2D eigenvalue weighted by atomic mass is 16.6. The molecule has 0 amide bonds. The first-order valence-corrected chi connectivity index (χ1v) is 14.3. The van der Waals surface area contributed by atoms with Crippen LogP contribution in [-0.4, -0.2) is 83.3 Å². The Hall–Kier alpha value is -5.68. The highest BCUT2D eigenvalue weighted by molar-refractivity contribution is 5.87. The molecule has 0 aliphatic rings. The highest BCUT2D eigenvalue weighted by Crippen LogP contribution is 2.37. The van der Waals surface area contributed by atoms with E-state index < -0.39 is 22.1 Å². The van der Waals surface area contributed by atoms with Crippen LogP contribution in [0.15, 0.2) is 34.6 Å². The zero-order valence-corrected chi connectivity index (χ0v) is 27.8. The molecule has 264 valence electrons. The summed E-state index contributed by atoms with van der Waals surface area (Å²) < 4.78 is 31.1. The summed E-state index contributed by atoms with van der Waals surface area (Å²) in [6, 6.07) is 5.42. The van der Waals surface area contributed by atoms with Crippen LogP contribution < -0.4 is 18.9 Å². The van der Waals surface area contributed by atoms with E-state index in [1.54, 1.807) is 27.7 Å². The first kappa shape index (κ1) is 40.3. The van der Waals surface area contributed by atoms with E-state index in [1.807, 2.05) is 0 Å². The lowest BCUT2D eigenvalue weighted by atomic mass is 10.0. The number of benzene rings is 2. The van der Waals surface area contributed by atoms with Gasteiger partial charge in [0.25, 0.3) is 24.3 Å². The second-order valence-corrected chi connectivity index (χ2v) is 10.4. The predicted octanol–water partition coefficient (Wildman–Crippen LogP) is 4.65. The molecule has 2 atom stereocenters. The summed E-state index contributed by atoms with van der Waals surface area (Å²) in [5.74, 6) is 1.10. The number of hydrogen-bond donors (Lipinski definition) is 2. The van der Waals surface area contributed by atoms with Crippen LogP contribution in [0.3, 0.4) is 0 Å². The summed E-state index contributed by atoms with van der Waals surface area (Å²) >= 11 is 0. The summed E-state index contributed by atoms with van der Waals surface area (Å²) in [7, 11) is 2.83. The molecule has 0 aliphatic heterocycles. The van der Waals surface area contributed by atoms with E-state index in [-0.39, 0.29) is 83.4 Å². The molecule has 0 heterocycles. The second-order valence-electron chi connectivity index (χ2n) is 10.4. The number of nitro groups is 2. The summed E-state index contributed by atoms with van der Waals surface area (Å²) in [6.07, 6.45) is -2.37. The summed E-state index contributed by atoms with van der Waals surface area (Å²) in [5.41, 5.74) is 0.301. The van der Waals surface area contributed by atoms with E-state index >= 15 is 0 Å². The fraction of sp³-hybridized carbons (Fsp3) is 0.467. The van der Waals surface area contributed by atoms with Gasteiger partial charge in [-0.2, -0.15) is 0 Å². The molecule has 2 N–H and O–H groups in total. The summed E-state index contributed by atoms with van der Waals surface area (Å²) in [5, 5.41) is 46.4. The van der Waals surface area contributed by atoms with Gasteiger partial charge >= 0.3 is 0 Å².